The van der Waals surface area contributed by atoms with Crippen LogP contribution in [0.25, 0.3) is 0 Å². The number of carbonyl (C=O) groups is 1. The summed E-state index contributed by atoms with van der Waals surface area (Å²) in [5.74, 6) is 0.956. The minimum absolute atomic E-state index is 0.0531. The van der Waals surface area contributed by atoms with Crippen LogP contribution < -0.4 is 5.32 Å². The Hall–Kier alpha value is -0.730. The van der Waals surface area contributed by atoms with E-state index in [0.717, 1.165) is 24.8 Å². The van der Waals surface area contributed by atoms with Crippen LogP contribution in [-0.2, 0) is 0 Å². The number of hydrogen-bond donors (Lipinski definition) is 1. The molecule has 98 valence electrons. The molecule has 1 fully saturated rings. The van der Waals surface area contributed by atoms with Crippen LogP contribution in [-0.4, -0.2) is 17.8 Å². The summed E-state index contributed by atoms with van der Waals surface area (Å²) >= 11 is 11.9. The van der Waals surface area contributed by atoms with Crippen molar-refractivity contribution in [1.29, 1.82) is 0 Å². The predicted octanol–water partition coefficient (Wildman–Crippen LogP) is 3.79. The molecule has 18 heavy (non-hydrogen) atoms. The maximum Gasteiger partial charge on any atom is 0.251 e. The van der Waals surface area contributed by atoms with Crippen LogP contribution in [0.4, 0.5) is 0 Å². The highest BCUT2D eigenvalue weighted by Crippen LogP contribution is 2.27. The van der Waals surface area contributed by atoms with E-state index in [1.54, 1.807) is 6.07 Å². The van der Waals surface area contributed by atoms with E-state index in [1.807, 2.05) is 19.1 Å². The zero-order valence-electron chi connectivity index (χ0n) is 10.4. The van der Waals surface area contributed by atoms with Crippen LogP contribution in [0, 0.1) is 12.8 Å². The van der Waals surface area contributed by atoms with E-state index >= 15 is 0 Å². The first kappa shape index (κ1) is 13.7. The molecule has 1 aliphatic carbocycles. The van der Waals surface area contributed by atoms with Crippen molar-refractivity contribution in [1.82, 2.24) is 5.32 Å². The number of halogens is 2. The SMILES string of the molecule is Cc1cc(Cl)cc(C(=O)NC2CCCC2CCl)c1. The number of aryl methyl sites for hydroxylation is 1. The lowest BCUT2D eigenvalue weighted by molar-refractivity contribution is 0.0930. The van der Waals surface area contributed by atoms with E-state index in [-0.39, 0.29) is 11.9 Å². The number of rotatable bonds is 3. The van der Waals surface area contributed by atoms with Crippen molar-refractivity contribution in [2.24, 2.45) is 5.92 Å². The van der Waals surface area contributed by atoms with Crippen molar-refractivity contribution in [2.75, 3.05) is 5.88 Å². The molecular weight excluding hydrogens is 269 g/mol. The molecule has 0 heterocycles. The Labute approximate surface area is 118 Å². The maximum absolute atomic E-state index is 12.2. The predicted molar refractivity (Wildman–Crippen MR) is 75.5 cm³/mol. The first-order chi connectivity index (χ1) is 8.60. The molecule has 1 N–H and O–H groups in total. The second-order valence-electron chi connectivity index (χ2n) is 4.94. The largest absolute Gasteiger partial charge is 0.349 e. The number of nitrogens with one attached hydrogen (secondary N) is 1. The molecule has 1 aliphatic rings. The maximum atomic E-state index is 12.2. The number of hydrogen-bond acceptors (Lipinski definition) is 1. The van der Waals surface area contributed by atoms with Gasteiger partial charge >= 0.3 is 0 Å². The Balaban J connectivity index is 2.07. The minimum atomic E-state index is -0.0531. The average Bonchev–Trinajstić information content (AvgIpc) is 2.75. The zero-order valence-corrected chi connectivity index (χ0v) is 11.9. The standard InChI is InChI=1S/C14H17Cl2NO/c1-9-5-11(7-12(16)6-9)14(18)17-13-4-2-3-10(13)8-15/h5-7,10,13H,2-4,8H2,1H3,(H,17,18). The van der Waals surface area contributed by atoms with Crippen molar-refractivity contribution >= 4 is 29.1 Å². The van der Waals surface area contributed by atoms with Gasteiger partial charge in [-0.1, -0.05) is 18.0 Å². The summed E-state index contributed by atoms with van der Waals surface area (Å²) in [6.07, 6.45) is 3.25. The van der Waals surface area contributed by atoms with Gasteiger partial charge in [-0.2, -0.15) is 0 Å². The number of carbonyl (C=O) groups excluding carboxylic acids is 1. The second-order valence-corrected chi connectivity index (χ2v) is 5.69. The van der Waals surface area contributed by atoms with E-state index in [0.29, 0.717) is 22.4 Å². The lowest BCUT2D eigenvalue weighted by atomic mass is 10.1. The molecule has 0 aliphatic heterocycles. The normalized spacial score (nSPS) is 23.1. The van der Waals surface area contributed by atoms with Gasteiger partial charge in [0.1, 0.15) is 0 Å². The quantitative estimate of drug-likeness (QED) is 0.842. The molecule has 2 atom stereocenters. The third kappa shape index (κ3) is 3.18. The van der Waals surface area contributed by atoms with Gasteiger partial charge in [-0.3, -0.25) is 4.79 Å². The van der Waals surface area contributed by atoms with Gasteiger partial charge in [0.15, 0.2) is 0 Å². The Kier molecular flexibility index (Phi) is 4.52. The molecule has 4 heteroatoms. The van der Waals surface area contributed by atoms with Crippen molar-refractivity contribution < 1.29 is 4.79 Å². The van der Waals surface area contributed by atoms with Gasteiger partial charge in [-0.05, 0) is 49.4 Å². The summed E-state index contributed by atoms with van der Waals surface area (Å²) < 4.78 is 0. The topological polar surface area (TPSA) is 29.1 Å². The first-order valence-corrected chi connectivity index (χ1v) is 7.15. The molecule has 0 spiro atoms. The van der Waals surface area contributed by atoms with Crippen LogP contribution >= 0.6 is 23.2 Å². The van der Waals surface area contributed by atoms with Crippen molar-refractivity contribution in [2.45, 2.75) is 32.2 Å². The highest BCUT2D eigenvalue weighted by molar-refractivity contribution is 6.31. The van der Waals surface area contributed by atoms with E-state index in [2.05, 4.69) is 5.32 Å². The van der Waals surface area contributed by atoms with Crippen molar-refractivity contribution in [3.63, 3.8) is 0 Å². The molecular formula is C14H17Cl2NO. The molecule has 0 aromatic heterocycles. The first-order valence-electron chi connectivity index (χ1n) is 6.24. The van der Waals surface area contributed by atoms with Gasteiger partial charge in [-0.15, -0.1) is 11.6 Å². The molecule has 0 bridgehead atoms. The van der Waals surface area contributed by atoms with E-state index in [4.69, 9.17) is 23.2 Å². The van der Waals surface area contributed by atoms with Gasteiger partial charge in [0.25, 0.3) is 5.91 Å². The molecule has 2 unspecified atom stereocenters. The summed E-state index contributed by atoms with van der Waals surface area (Å²) in [6.45, 7) is 1.93. The smallest absolute Gasteiger partial charge is 0.251 e. The van der Waals surface area contributed by atoms with Gasteiger partial charge < -0.3 is 5.32 Å². The molecule has 1 aromatic carbocycles. The third-order valence-electron chi connectivity index (χ3n) is 3.48. The summed E-state index contributed by atoms with van der Waals surface area (Å²) in [4.78, 5) is 12.2. The van der Waals surface area contributed by atoms with Crippen LogP contribution in [0.5, 0.6) is 0 Å². The molecule has 1 aromatic rings. The Bertz CT molecular complexity index is 427. The minimum Gasteiger partial charge on any atom is -0.349 e. The number of benzene rings is 1. The highest BCUT2D eigenvalue weighted by atomic mass is 35.5. The molecule has 2 nitrogen and oxygen atoms in total. The summed E-state index contributed by atoms with van der Waals surface area (Å²) in [6, 6.07) is 5.60. The fourth-order valence-corrected chi connectivity index (χ4v) is 3.19. The Morgan fingerprint density at radius 3 is 2.83 bits per heavy atom. The molecule has 1 saturated carbocycles. The Morgan fingerprint density at radius 2 is 2.17 bits per heavy atom. The van der Waals surface area contributed by atoms with Crippen LogP contribution in [0.2, 0.25) is 5.02 Å². The monoisotopic (exact) mass is 285 g/mol. The number of amides is 1. The van der Waals surface area contributed by atoms with Gasteiger partial charge in [-0.25, -0.2) is 0 Å². The summed E-state index contributed by atoms with van der Waals surface area (Å²) in [5, 5.41) is 3.67. The summed E-state index contributed by atoms with van der Waals surface area (Å²) in [7, 11) is 0. The zero-order chi connectivity index (χ0) is 13.1. The summed E-state index contributed by atoms with van der Waals surface area (Å²) in [5.41, 5.74) is 1.62. The van der Waals surface area contributed by atoms with Crippen LogP contribution in [0.1, 0.15) is 35.2 Å². The lowest BCUT2D eigenvalue weighted by Gasteiger charge is -2.19. The molecule has 0 saturated heterocycles. The second kappa shape index (κ2) is 5.94. The lowest BCUT2D eigenvalue weighted by Crippen LogP contribution is -2.37. The van der Waals surface area contributed by atoms with Crippen LogP contribution in [0.15, 0.2) is 18.2 Å². The van der Waals surface area contributed by atoms with Crippen molar-refractivity contribution in [3.8, 4) is 0 Å². The average molecular weight is 286 g/mol. The van der Waals surface area contributed by atoms with Gasteiger partial charge in [0.05, 0.1) is 0 Å². The van der Waals surface area contributed by atoms with Crippen LogP contribution in [0.3, 0.4) is 0 Å². The Morgan fingerprint density at radius 1 is 1.39 bits per heavy atom. The third-order valence-corrected chi connectivity index (χ3v) is 4.09. The van der Waals surface area contributed by atoms with Gasteiger partial charge in [0, 0.05) is 22.5 Å². The van der Waals surface area contributed by atoms with E-state index < -0.39 is 0 Å². The molecule has 2 rings (SSSR count). The highest BCUT2D eigenvalue weighted by Gasteiger charge is 2.28. The van der Waals surface area contributed by atoms with Crippen molar-refractivity contribution in [3.05, 3.63) is 34.3 Å². The number of alkyl halides is 1. The van der Waals surface area contributed by atoms with E-state index in [1.165, 1.54) is 0 Å². The fourth-order valence-electron chi connectivity index (χ4n) is 2.53. The molecule has 0 radical (unpaired) electrons. The fraction of sp³-hybridized carbons (Fsp3) is 0.500. The van der Waals surface area contributed by atoms with Gasteiger partial charge in [0.2, 0.25) is 0 Å². The van der Waals surface area contributed by atoms with E-state index in [9.17, 15) is 4.79 Å². The molecule has 1 amide bonds.